The first kappa shape index (κ1) is 16.0. The van der Waals surface area contributed by atoms with Gasteiger partial charge in [0.05, 0.1) is 5.69 Å². The molecule has 0 bridgehead atoms. The first-order valence-electron chi connectivity index (χ1n) is 6.59. The third kappa shape index (κ3) is 4.30. The van der Waals surface area contributed by atoms with Crippen LogP contribution < -0.4 is 11.1 Å². The number of Topliss-reactive ketones (excluding diaryl/α,β-unsaturated/α-hetero) is 1. The van der Waals surface area contributed by atoms with Crippen molar-refractivity contribution in [2.75, 3.05) is 11.1 Å². The molecular weight excluding hydrogens is 307 g/mol. The number of nitrogen functional groups attached to an aromatic ring is 1. The molecule has 2 aromatic carbocycles. The van der Waals surface area contributed by atoms with Crippen LogP contribution in [-0.2, 0) is 4.79 Å². The molecule has 0 atom stereocenters. The van der Waals surface area contributed by atoms with Gasteiger partial charge in [-0.3, -0.25) is 9.59 Å². The van der Waals surface area contributed by atoms with Gasteiger partial charge in [0, 0.05) is 29.1 Å². The van der Waals surface area contributed by atoms with E-state index in [1.165, 1.54) is 12.1 Å². The number of ketones is 1. The van der Waals surface area contributed by atoms with Crippen molar-refractivity contribution in [3.05, 3.63) is 58.9 Å². The van der Waals surface area contributed by atoms with Crippen molar-refractivity contribution < 1.29 is 14.0 Å². The molecule has 0 unspecified atom stereocenters. The molecular formula is C16H14ClFN2O2. The zero-order valence-corrected chi connectivity index (χ0v) is 12.4. The Morgan fingerprint density at radius 2 is 1.77 bits per heavy atom. The van der Waals surface area contributed by atoms with Gasteiger partial charge in [-0.2, -0.15) is 0 Å². The Kier molecular flexibility index (Phi) is 5.12. The predicted molar refractivity (Wildman–Crippen MR) is 84.5 cm³/mol. The van der Waals surface area contributed by atoms with E-state index in [-0.39, 0.29) is 30.2 Å². The van der Waals surface area contributed by atoms with Crippen molar-refractivity contribution >= 4 is 34.7 Å². The van der Waals surface area contributed by atoms with Gasteiger partial charge in [0.2, 0.25) is 5.91 Å². The minimum atomic E-state index is -0.602. The smallest absolute Gasteiger partial charge is 0.224 e. The Morgan fingerprint density at radius 1 is 1.09 bits per heavy atom. The SMILES string of the molecule is Nc1ccc(NC(=O)CCC(=O)c2ccc(Cl)cc2)cc1F. The number of carbonyl (C=O) groups is 2. The fraction of sp³-hybridized carbons (Fsp3) is 0.125. The van der Waals surface area contributed by atoms with Crippen molar-refractivity contribution in [3.8, 4) is 0 Å². The summed E-state index contributed by atoms with van der Waals surface area (Å²) in [6.07, 6.45) is 0.0678. The average molecular weight is 321 g/mol. The molecule has 4 nitrogen and oxygen atoms in total. The fourth-order valence-corrected chi connectivity index (χ4v) is 1.96. The van der Waals surface area contributed by atoms with Gasteiger partial charge >= 0.3 is 0 Å². The molecule has 0 radical (unpaired) electrons. The van der Waals surface area contributed by atoms with Crippen LogP contribution in [0.4, 0.5) is 15.8 Å². The summed E-state index contributed by atoms with van der Waals surface area (Å²) in [6.45, 7) is 0. The molecule has 3 N–H and O–H groups in total. The van der Waals surface area contributed by atoms with Crippen LogP contribution in [0.1, 0.15) is 23.2 Å². The Hall–Kier alpha value is -2.40. The molecule has 0 aliphatic heterocycles. The molecule has 1 amide bonds. The van der Waals surface area contributed by atoms with Crippen LogP contribution in [-0.4, -0.2) is 11.7 Å². The Bertz CT molecular complexity index is 702. The molecule has 2 aromatic rings. The highest BCUT2D eigenvalue weighted by atomic mass is 35.5. The highest BCUT2D eigenvalue weighted by molar-refractivity contribution is 6.30. The standard InChI is InChI=1S/C16H14ClFN2O2/c17-11-3-1-10(2-4-11)15(21)7-8-16(22)20-12-5-6-14(19)13(18)9-12/h1-6,9H,7-8,19H2,(H,20,22). The minimum absolute atomic E-state index is 0.00740. The van der Waals surface area contributed by atoms with Crippen molar-refractivity contribution in [2.45, 2.75) is 12.8 Å². The number of halogens is 2. The molecule has 2 rings (SSSR count). The lowest BCUT2D eigenvalue weighted by Crippen LogP contribution is -2.13. The summed E-state index contributed by atoms with van der Waals surface area (Å²) >= 11 is 5.74. The van der Waals surface area contributed by atoms with Gasteiger partial charge in [0.25, 0.3) is 0 Å². The van der Waals surface area contributed by atoms with Gasteiger partial charge in [0.1, 0.15) is 5.82 Å². The number of rotatable bonds is 5. The number of nitrogens with two attached hydrogens (primary N) is 1. The van der Waals surface area contributed by atoms with E-state index in [1.807, 2.05) is 0 Å². The summed E-state index contributed by atoms with van der Waals surface area (Å²) in [6, 6.07) is 10.4. The molecule has 0 heterocycles. The fourth-order valence-electron chi connectivity index (χ4n) is 1.84. The number of amides is 1. The molecule has 0 fully saturated rings. The topological polar surface area (TPSA) is 72.2 Å². The number of anilines is 2. The zero-order valence-electron chi connectivity index (χ0n) is 11.6. The number of hydrogen-bond donors (Lipinski definition) is 2. The maximum absolute atomic E-state index is 13.3. The van der Waals surface area contributed by atoms with E-state index >= 15 is 0 Å². The summed E-state index contributed by atoms with van der Waals surface area (Å²) in [4.78, 5) is 23.7. The normalized spacial score (nSPS) is 10.3. The largest absolute Gasteiger partial charge is 0.396 e. The lowest BCUT2D eigenvalue weighted by molar-refractivity contribution is -0.116. The molecule has 0 spiro atoms. The van der Waals surface area contributed by atoms with E-state index in [1.54, 1.807) is 24.3 Å². The van der Waals surface area contributed by atoms with Gasteiger partial charge in [-0.25, -0.2) is 4.39 Å². The Balaban J connectivity index is 1.88. The van der Waals surface area contributed by atoms with Gasteiger partial charge in [-0.05, 0) is 42.5 Å². The van der Waals surface area contributed by atoms with Crippen LogP contribution >= 0.6 is 11.6 Å². The van der Waals surface area contributed by atoms with Gasteiger partial charge in [0.15, 0.2) is 5.78 Å². The predicted octanol–water partition coefficient (Wildman–Crippen LogP) is 3.66. The van der Waals surface area contributed by atoms with E-state index in [0.717, 1.165) is 6.07 Å². The Labute approximate surface area is 132 Å². The van der Waals surface area contributed by atoms with E-state index in [9.17, 15) is 14.0 Å². The summed E-state index contributed by atoms with van der Waals surface area (Å²) in [5, 5.41) is 3.06. The third-order valence-electron chi connectivity index (χ3n) is 3.03. The van der Waals surface area contributed by atoms with Gasteiger partial charge in [-0.15, -0.1) is 0 Å². The molecule has 0 saturated heterocycles. The second-order valence-electron chi connectivity index (χ2n) is 4.71. The first-order chi connectivity index (χ1) is 10.5. The molecule has 0 aliphatic carbocycles. The van der Waals surface area contributed by atoms with E-state index in [4.69, 9.17) is 17.3 Å². The molecule has 6 heteroatoms. The summed E-state index contributed by atoms with van der Waals surface area (Å²) in [5.41, 5.74) is 6.16. The number of benzene rings is 2. The first-order valence-corrected chi connectivity index (χ1v) is 6.97. The third-order valence-corrected chi connectivity index (χ3v) is 3.28. The van der Waals surface area contributed by atoms with Crippen LogP contribution in [0.2, 0.25) is 5.02 Å². The molecule has 0 aliphatic rings. The molecule has 22 heavy (non-hydrogen) atoms. The van der Waals surface area contributed by atoms with E-state index < -0.39 is 5.82 Å². The number of carbonyl (C=O) groups excluding carboxylic acids is 2. The maximum Gasteiger partial charge on any atom is 0.224 e. The highest BCUT2D eigenvalue weighted by Crippen LogP contribution is 2.16. The summed E-state index contributed by atoms with van der Waals surface area (Å²) < 4.78 is 13.3. The molecule has 0 saturated carbocycles. The summed E-state index contributed by atoms with van der Waals surface area (Å²) in [7, 11) is 0. The van der Waals surface area contributed by atoms with Crippen molar-refractivity contribution in [3.63, 3.8) is 0 Å². The summed E-state index contributed by atoms with van der Waals surface area (Å²) in [5.74, 6) is -1.13. The van der Waals surface area contributed by atoms with Gasteiger partial charge < -0.3 is 11.1 Å². The van der Waals surface area contributed by atoms with Crippen molar-refractivity contribution in [2.24, 2.45) is 0 Å². The van der Waals surface area contributed by atoms with Gasteiger partial charge in [-0.1, -0.05) is 11.6 Å². The second-order valence-corrected chi connectivity index (χ2v) is 5.15. The Morgan fingerprint density at radius 3 is 2.41 bits per heavy atom. The van der Waals surface area contributed by atoms with Crippen LogP contribution in [0.3, 0.4) is 0 Å². The quantitative estimate of drug-likeness (QED) is 0.652. The van der Waals surface area contributed by atoms with E-state index in [2.05, 4.69) is 5.32 Å². The van der Waals surface area contributed by atoms with Crippen LogP contribution in [0, 0.1) is 5.82 Å². The minimum Gasteiger partial charge on any atom is -0.396 e. The average Bonchev–Trinajstić information content (AvgIpc) is 2.49. The monoisotopic (exact) mass is 320 g/mol. The van der Waals surface area contributed by atoms with Crippen LogP contribution in [0.25, 0.3) is 0 Å². The van der Waals surface area contributed by atoms with Crippen LogP contribution in [0.5, 0.6) is 0 Å². The number of hydrogen-bond acceptors (Lipinski definition) is 3. The molecule has 0 aromatic heterocycles. The van der Waals surface area contributed by atoms with E-state index in [0.29, 0.717) is 16.3 Å². The van der Waals surface area contributed by atoms with Crippen LogP contribution in [0.15, 0.2) is 42.5 Å². The lowest BCUT2D eigenvalue weighted by atomic mass is 10.1. The maximum atomic E-state index is 13.3. The highest BCUT2D eigenvalue weighted by Gasteiger charge is 2.10. The van der Waals surface area contributed by atoms with Crippen molar-refractivity contribution in [1.82, 2.24) is 0 Å². The number of nitrogens with one attached hydrogen (secondary N) is 1. The van der Waals surface area contributed by atoms with Crippen molar-refractivity contribution in [1.29, 1.82) is 0 Å². The lowest BCUT2D eigenvalue weighted by Gasteiger charge is -2.06. The second kappa shape index (κ2) is 7.04. The zero-order chi connectivity index (χ0) is 16.1. The molecule has 114 valence electrons.